The van der Waals surface area contributed by atoms with Gasteiger partial charge in [0.1, 0.15) is 0 Å². The van der Waals surface area contributed by atoms with Gasteiger partial charge in [0.2, 0.25) is 0 Å². The first kappa shape index (κ1) is 15.8. The van der Waals surface area contributed by atoms with Crippen molar-refractivity contribution >= 4 is 23.3 Å². The number of ether oxygens (including phenoxy) is 1. The fraction of sp³-hybridized carbons (Fsp3) is 0.571. The number of hydrogen-bond acceptors (Lipinski definition) is 4. The van der Waals surface area contributed by atoms with Crippen LogP contribution >= 0.6 is 11.3 Å². The molecule has 0 saturated carbocycles. The number of carbonyl (C=O) groups excluding carboxylic acids is 1. The quantitative estimate of drug-likeness (QED) is 0.865. The third kappa shape index (κ3) is 5.02. The standard InChI is InChI=1S/C14H20N2O4S/c1-10(6-11-2-5-21-9-11)15-14(19)16-3-4-20-12(8-16)7-13(17)18/h2,5,9-10,12H,3-4,6-8H2,1H3,(H,15,19)(H,17,18). The van der Waals surface area contributed by atoms with Crippen LogP contribution in [0.15, 0.2) is 16.8 Å². The molecule has 0 spiro atoms. The van der Waals surface area contributed by atoms with Crippen LogP contribution in [0.1, 0.15) is 18.9 Å². The number of carbonyl (C=O) groups is 2. The zero-order chi connectivity index (χ0) is 15.2. The van der Waals surface area contributed by atoms with E-state index in [1.54, 1.807) is 16.2 Å². The number of hydrogen-bond donors (Lipinski definition) is 2. The number of amides is 2. The predicted molar refractivity (Wildman–Crippen MR) is 79.6 cm³/mol. The molecule has 1 aromatic heterocycles. The van der Waals surface area contributed by atoms with E-state index in [1.807, 2.05) is 18.4 Å². The lowest BCUT2D eigenvalue weighted by Gasteiger charge is -2.33. The Labute approximate surface area is 127 Å². The lowest BCUT2D eigenvalue weighted by atomic mass is 10.1. The summed E-state index contributed by atoms with van der Waals surface area (Å²) in [5.41, 5.74) is 1.21. The molecule has 21 heavy (non-hydrogen) atoms. The average Bonchev–Trinajstić information content (AvgIpc) is 2.90. The highest BCUT2D eigenvalue weighted by Crippen LogP contribution is 2.11. The number of carboxylic acid groups (broad SMARTS) is 1. The Balaban J connectivity index is 1.80. The molecule has 0 radical (unpaired) electrons. The van der Waals surface area contributed by atoms with Crippen molar-refractivity contribution in [3.05, 3.63) is 22.4 Å². The van der Waals surface area contributed by atoms with Crippen molar-refractivity contribution in [2.75, 3.05) is 19.7 Å². The van der Waals surface area contributed by atoms with Crippen LogP contribution in [0, 0.1) is 0 Å². The van der Waals surface area contributed by atoms with Gasteiger partial charge in [-0.15, -0.1) is 0 Å². The van der Waals surface area contributed by atoms with E-state index in [4.69, 9.17) is 9.84 Å². The Morgan fingerprint density at radius 2 is 2.43 bits per heavy atom. The third-order valence-electron chi connectivity index (χ3n) is 3.32. The van der Waals surface area contributed by atoms with E-state index in [0.717, 1.165) is 6.42 Å². The summed E-state index contributed by atoms with van der Waals surface area (Å²) in [4.78, 5) is 24.5. The summed E-state index contributed by atoms with van der Waals surface area (Å²) >= 11 is 1.64. The van der Waals surface area contributed by atoms with Crippen LogP contribution < -0.4 is 5.32 Å². The Hall–Kier alpha value is -1.60. The van der Waals surface area contributed by atoms with Gasteiger partial charge in [-0.25, -0.2) is 4.79 Å². The van der Waals surface area contributed by atoms with Gasteiger partial charge in [0, 0.05) is 19.1 Å². The fourth-order valence-electron chi connectivity index (χ4n) is 2.34. The molecule has 2 atom stereocenters. The van der Waals surface area contributed by atoms with Crippen molar-refractivity contribution in [3.8, 4) is 0 Å². The number of carboxylic acids is 1. The van der Waals surface area contributed by atoms with Gasteiger partial charge in [0.05, 0.1) is 19.1 Å². The van der Waals surface area contributed by atoms with Crippen molar-refractivity contribution < 1.29 is 19.4 Å². The summed E-state index contributed by atoms with van der Waals surface area (Å²) in [6, 6.07) is 1.93. The van der Waals surface area contributed by atoms with E-state index in [0.29, 0.717) is 19.7 Å². The van der Waals surface area contributed by atoms with E-state index < -0.39 is 12.1 Å². The van der Waals surface area contributed by atoms with Crippen molar-refractivity contribution in [1.82, 2.24) is 10.2 Å². The molecule has 1 aromatic rings. The summed E-state index contributed by atoms with van der Waals surface area (Å²) in [6.45, 7) is 3.16. The molecule has 1 aliphatic rings. The Morgan fingerprint density at radius 1 is 1.62 bits per heavy atom. The van der Waals surface area contributed by atoms with Gasteiger partial charge in [-0.3, -0.25) is 4.79 Å². The number of nitrogens with one attached hydrogen (secondary N) is 1. The van der Waals surface area contributed by atoms with E-state index in [2.05, 4.69) is 10.7 Å². The maximum absolute atomic E-state index is 12.2. The molecule has 0 aromatic carbocycles. The molecule has 0 bridgehead atoms. The first-order chi connectivity index (χ1) is 10.0. The molecule has 116 valence electrons. The van der Waals surface area contributed by atoms with Crippen LogP contribution in [-0.2, 0) is 16.0 Å². The van der Waals surface area contributed by atoms with E-state index in [1.165, 1.54) is 5.56 Å². The van der Waals surface area contributed by atoms with Gasteiger partial charge < -0.3 is 20.1 Å². The minimum atomic E-state index is -0.909. The number of morpholine rings is 1. The Morgan fingerprint density at radius 3 is 3.10 bits per heavy atom. The first-order valence-corrected chi connectivity index (χ1v) is 7.89. The van der Waals surface area contributed by atoms with E-state index >= 15 is 0 Å². The maximum Gasteiger partial charge on any atom is 0.317 e. The summed E-state index contributed by atoms with van der Waals surface area (Å²) in [5.74, 6) is -0.909. The minimum absolute atomic E-state index is 0.0351. The summed E-state index contributed by atoms with van der Waals surface area (Å²) in [7, 11) is 0. The van der Waals surface area contributed by atoms with Crippen LogP contribution in [0.5, 0.6) is 0 Å². The molecule has 2 rings (SSSR count). The fourth-order valence-corrected chi connectivity index (χ4v) is 3.02. The number of rotatable bonds is 5. The predicted octanol–water partition coefficient (Wildman–Crippen LogP) is 1.56. The van der Waals surface area contributed by atoms with Gasteiger partial charge in [-0.2, -0.15) is 11.3 Å². The molecule has 0 aliphatic carbocycles. The largest absolute Gasteiger partial charge is 0.481 e. The average molecular weight is 312 g/mol. The van der Waals surface area contributed by atoms with Crippen molar-refractivity contribution in [2.45, 2.75) is 31.9 Å². The van der Waals surface area contributed by atoms with Crippen LogP contribution in [0.2, 0.25) is 0 Å². The molecule has 2 N–H and O–H groups in total. The minimum Gasteiger partial charge on any atom is -0.481 e. The van der Waals surface area contributed by atoms with Gasteiger partial charge >= 0.3 is 12.0 Å². The second kappa shape index (κ2) is 7.42. The Bertz CT molecular complexity index is 477. The molecular formula is C14H20N2O4S. The zero-order valence-corrected chi connectivity index (χ0v) is 12.8. The van der Waals surface area contributed by atoms with Crippen LogP contribution in [0.25, 0.3) is 0 Å². The molecule has 1 aliphatic heterocycles. The summed E-state index contributed by atoms with van der Waals surface area (Å²) in [5, 5.41) is 15.8. The molecule has 7 heteroatoms. The summed E-state index contributed by atoms with van der Waals surface area (Å²) < 4.78 is 5.36. The second-order valence-electron chi connectivity index (χ2n) is 5.22. The summed E-state index contributed by atoms with van der Waals surface area (Å²) in [6.07, 6.45) is 0.293. The van der Waals surface area contributed by atoms with Gasteiger partial charge in [0.15, 0.2) is 0 Å². The molecule has 2 unspecified atom stereocenters. The SMILES string of the molecule is CC(Cc1ccsc1)NC(=O)N1CCOC(CC(=O)O)C1. The van der Waals surface area contributed by atoms with E-state index in [9.17, 15) is 9.59 Å². The number of nitrogens with zero attached hydrogens (tertiary/aromatic N) is 1. The van der Waals surface area contributed by atoms with Crippen molar-refractivity contribution in [2.24, 2.45) is 0 Å². The zero-order valence-electron chi connectivity index (χ0n) is 11.9. The second-order valence-corrected chi connectivity index (χ2v) is 6.00. The third-order valence-corrected chi connectivity index (χ3v) is 4.05. The lowest BCUT2D eigenvalue weighted by molar-refractivity contribution is -0.141. The molecule has 2 heterocycles. The van der Waals surface area contributed by atoms with Crippen molar-refractivity contribution in [3.63, 3.8) is 0 Å². The first-order valence-electron chi connectivity index (χ1n) is 6.94. The van der Waals surface area contributed by atoms with Crippen LogP contribution in [-0.4, -0.2) is 53.8 Å². The van der Waals surface area contributed by atoms with Crippen molar-refractivity contribution in [1.29, 1.82) is 0 Å². The highest BCUT2D eigenvalue weighted by molar-refractivity contribution is 7.07. The van der Waals surface area contributed by atoms with Crippen LogP contribution in [0.4, 0.5) is 4.79 Å². The molecule has 1 fully saturated rings. The molecule has 2 amide bonds. The Kier molecular flexibility index (Phi) is 5.58. The lowest BCUT2D eigenvalue weighted by Crippen LogP contribution is -2.52. The number of aliphatic carboxylic acids is 1. The van der Waals surface area contributed by atoms with Crippen LogP contribution in [0.3, 0.4) is 0 Å². The number of urea groups is 1. The normalized spacial score (nSPS) is 20.0. The topological polar surface area (TPSA) is 78.9 Å². The molecular weight excluding hydrogens is 292 g/mol. The number of thiophene rings is 1. The maximum atomic E-state index is 12.2. The highest BCUT2D eigenvalue weighted by Gasteiger charge is 2.26. The van der Waals surface area contributed by atoms with Gasteiger partial charge in [-0.1, -0.05) is 0 Å². The smallest absolute Gasteiger partial charge is 0.317 e. The van der Waals surface area contributed by atoms with E-state index in [-0.39, 0.29) is 18.5 Å². The highest BCUT2D eigenvalue weighted by atomic mass is 32.1. The molecule has 1 saturated heterocycles. The molecule has 6 nitrogen and oxygen atoms in total. The van der Waals surface area contributed by atoms with Gasteiger partial charge in [-0.05, 0) is 35.7 Å². The monoisotopic (exact) mass is 312 g/mol. The van der Waals surface area contributed by atoms with Gasteiger partial charge in [0.25, 0.3) is 0 Å².